The summed E-state index contributed by atoms with van der Waals surface area (Å²) in [5, 5.41) is 2.73. The van der Waals surface area contributed by atoms with Gasteiger partial charge in [0.2, 0.25) is 5.91 Å². The number of amides is 2. The SMILES string of the molecule is CCN(CC)C(=O)CCNC(=O)c1ccc(C(N)=S)cc1. The normalized spacial score (nSPS) is 10.0. The molecule has 2 amide bonds. The maximum atomic E-state index is 11.9. The molecule has 0 aromatic heterocycles. The molecule has 0 bridgehead atoms. The number of carbonyl (C=O) groups excluding carboxylic acids is 2. The van der Waals surface area contributed by atoms with Crippen LogP contribution in [0.15, 0.2) is 24.3 Å². The average Bonchev–Trinajstić information content (AvgIpc) is 2.48. The van der Waals surface area contributed by atoms with E-state index in [4.69, 9.17) is 18.0 Å². The summed E-state index contributed by atoms with van der Waals surface area (Å²) >= 11 is 4.85. The van der Waals surface area contributed by atoms with Crippen molar-refractivity contribution in [2.45, 2.75) is 20.3 Å². The van der Waals surface area contributed by atoms with Gasteiger partial charge in [-0.25, -0.2) is 0 Å². The monoisotopic (exact) mass is 307 g/mol. The third-order valence-corrected chi connectivity index (χ3v) is 3.41. The first-order chi connectivity index (χ1) is 9.99. The van der Waals surface area contributed by atoms with Gasteiger partial charge in [0, 0.05) is 37.2 Å². The Morgan fingerprint density at radius 3 is 2.14 bits per heavy atom. The molecule has 0 fully saturated rings. The highest BCUT2D eigenvalue weighted by atomic mass is 32.1. The van der Waals surface area contributed by atoms with E-state index in [-0.39, 0.29) is 11.8 Å². The second kappa shape index (κ2) is 8.36. The first kappa shape index (κ1) is 17.1. The van der Waals surface area contributed by atoms with Crippen molar-refractivity contribution in [3.8, 4) is 0 Å². The van der Waals surface area contributed by atoms with E-state index in [2.05, 4.69) is 5.32 Å². The quantitative estimate of drug-likeness (QED) is 0.745. The topological polar surface area (TPSA) is 75.4 Å². The van der Waals surface area contributed by atoms with E-state index in [9.17, 15) is 9.59 Å². The summed E-state index contributed by atoms with van der Waals surface area (Å²) in [6.07, 6.45) is 0.304. The van der Waals surface area contributed by atoms with Gasteiger partial charge in [-0.3, -0.25) is 9.59 Å². The summed E-state index contributed by atoms with van der Waals surface area (Å²) in [6, 6.07) is 6.74. The summed E-state index contributed by atoms with van der Waals surface area (Å²) in [5.41, 5.74) is 6.74. The van der Waals surface area contributed by atoms with E-state index in [0.717, 1.165) is 5.56 Å². The Balaban J connectivity index is 2.47. The Kier molecular flexibility index (Phi) is 6.81. The minimum absolute atomic E-state index is 0.0455. The van der Waals surface area contributed by atoms with Crippen LogP contribution in [0.25, 0.3) is 0 Å². The minimum Gasteiger partial charge on any atom is -0.389 e. The van der Waals surface area contributed by atoms with Gasteiger partial charge in [0.1, 0.15) is 4.99 Å². The zero-order valence-corrected chi connectivity index (χ0v) is 13.2. The van der Waals surface area contributed by atoms with Crippen LogP contribution in [0.4, 0.5) is 0 Å². The molecule has 0 saturated heterocycles. The van der Waals surface area contributed by atoms with E-state index in [0.29, 0.717) is 36.6 Å². The first-order valence-electron chi connectivity index (χ1n) is 6.95. The third-order valence-electron chi connectivity index (χ3n) is 3.17. The molecule has 0 aliphatic carbocycles. The van der Waals surface area contributed by atoms with Crippen molar-refractivity contribution in [1.82, 2.24) is 10.2 Å². The van der Waals surface area contributed by atoms with Crippen molar-refractivity contribution in [1.29, 1.82) is 0 Å². The van der Waals surface area contributed by atoms with Gasteiger partial charge >= 0.3 is 0 Å². The van der Waals surface area contributed by atoms with Gasteiger partial charge in [-0.05, 0) is 26.0 Å². The molecule has 0 radical (unpaired) electrons. The number of carbonyl (C=O) groups is 2. The molecule has 0 unspecified atom stereocenters. The third kappa shape index (κ3) is 5.15. The molecule has 0 aliphatic heterocycles. The molecular weight excluding hydrogens is 286 g/mol. The zero-order chi connectivity index (χ0) is 15.8. The van der Waals surface area contributed by atoms with Crippen molar-refractivity contribution in [2.24, 2.45) is 5.73 Å². The Hall–Kier alpha value is -1.95. The molecule has 1 aromatic carbocycles. The van der Waals surface area contributed by atoms with Gasteiger partial charge in [0.25, 0.3) is 5.91 Å². The molecule has 0 saturated carbocycles. The maximum Gasteiger partial charge on any atom is 0.251 e. The molecule has 0 spiro atoms. The second-order valence-electron chi connectivity index (χ2n) is 4.51. The number of nitrogens with one attached hydrogen (secondary N) is 1. The lowest BCUT2D eigenvalue weighted by molar-refractivity contribution is -0.130. The van der Waals surface area contributed by atoms with E-state index in [1.807, 2.05) is 13.8 Å². The standard InChI is InChI=1S/C15H21N3O2S/c1-3-18(4-2)13(19)9-10-17-15(20)12-7-5-11(6-8-12)14(16)21/h5-8H,3-4,9-10H2,1-2H3,(H2,16,21)(H,17,20). The molecule has 1 aromatic rings. The number of nitrogens with zero attached hydrogens (tertiary/aromatic N) is 1. The number of benzene rings is 1. The Morgan fingerprint density at radius 1 is 1.14 bits per heavy atom. The summed E-state index contributed by atoms with van der Waals surface area (Å²) < 4.78 is 0. The van der Waals surface area contributed by atoms with Crippen molar-refractivity contribution < 1.29 is 9.59 Å². The van der Waals surface area contributed by atoms with Crippen LogP contribution in [-0.4, -0.2) is 41.3 Å². The van der Waals surface area contributed by atoms with Crippen molar-refractivity contribution in [3.63, 3.8) is 0 Å². The van der Waals surface area contributed by atoms with Crippen molar-refractivity contribution >= 4 is 29.0 Å². The second-order valence-corrected chi connectivity index (χ2v) is 4.95. The smallest absolute Gasteiger partial charge is 0.251 e. The fourth-order valence-electron chi connectivity index (χ4n) is 1.91. The molecule has 1 rings (SSSR count). The van der Waals surface area contributed by atoms with Gasteiger partial charge in [-0.2, -0.15) is 0 Å². The highest BCUT2D eigenvalue weighted by Crippen LogP contribution is 2.04. The van der Waals surface area contributed by atoms with Crippen LogP contribution in [-0.2, 0) is 4.79 Å². The van der Waals surface area contributed by atoms with E-state index >= 15 is 0 Å². The van der Waals surface area contributed by atoms with Gasteiger partial charge in [-0.1, -0.05) is 24.4 Å². The summed E-state index contributed by atoms with van der Waals surface area (Å²) in [6.45, 7) is 5.56. The lowest BCUT2D eigenvalue weighted by Crippen LogP contribution is -2.34. The predicted molar refractivity (Wildman–Crippen MR) is 87.2 cm³/mol. The number of hydrogen-bond acceptors (Lipinski definition) is 3. The first-order valence-corrected chi connectivity index (χ1v) is 7.36. The lowest BCUT2D eigenvalue weighted by Gasteiger charge is -2.18. The molecule has 3 N–H and O–H groups in total. The van der Waals surface area contributed by atoms with Crippen molar-refractivity contribution in [2.75, 3.05) is 19.6 Å². The minimum atomic E-state index is -0.211. The van der Waals surface area contributed by atoms with Crippen molar-refractivity contribution in [3.05, 3.63) is 35.4 Å². The lowest BCUT2D eigenvalue weighted by atomic mass is 10.1. The fraction of sp³-hybridized carbons (Fsp3) is 0.400. The number of rotatable bonds is 7. The number of thiocarbonyl (C=S) groups is 1. The molecule has 6 heteroatoms. The van der Waals surface area contributed by atoms with Gasteiger partial charge in [0.15, 0.2) is 0 Å². The Labute approximate surface area is 130 Å². The Morgan fingerprint density at radius 2 is 1.67 bits per heavy atom. The summed E-state index contributed by atoms with van der Waals surface area (Å²) in [5.74, 6) is -0.166. The van der Waals surface area contributed by atoms with Gasteiger partial charge < -0.3 is 16.0 Å². The highest BCUT2D eigenvalue weighted by Gasteiger charge is 2.10. The largest absolute Gasteiger partial charge is 0.389 e. The number of hydrogen-bond donors (Lipinski definition) is 2. The fourth-order valence-corrected chi connectivity index (χ4v) is 2.04. The summed E-state index contributed by atoms with van der Waals surface area (Å²) in [7, 11) is 0. The average molecular weight is 307 g/mol. The van der Waals surface area contributed by atoms with Crippen LogP contribution in [0.5, 0.6) is 0 Å². The van der Waals surface area contributed by atoms with Crippen LogP contribution >= 0.6 is 12.2 Å². The van der Waals surface area contributed by atoms with Crippen LogP contribution in [0.2, 0.25) is 0 Å². The van der Waals surface area contributed by atoms with Gasteiger partial charge in [-0.15, -0.1) is 0 Å². The van der Waals surface area contributed by atoms with Crippen LogP contribution < -0.4 is 11.1 Å². The molecule has 0 atom stereocenters. The Bertz CT molecular complexity index is 510. The van der Waals surface area contributed by atoms with Crippen LogP contribution in [0.3, 0.4) is 0 Å². The molecule has 21 heavy (non-hydrogen) atoms. The number of nitrogens with two attached hydrogens (primary N) is 1. The molecule has 0 heterocycles. The van der Waals surface area contributed by atoms with E-state index in [1.54, 1.807) is 29.2 Å². The summed E-state index contributed by atoms with van der Waals surface area (Å²) in [4.78, 5) is 25.7. The zero-order valence-electron chi connectivity index (χ0n) is 12.4. The van der Waals surface area contributed by atoms with Crippen LogP contribution in [0.1, 0.15) is 36.2 Å². The predicted octanol–water partition coefficient (Wildman–Crippen LogP) is 1.31. The maximum absolute atomic E-state index is 11.9. The molecule has 5 nitrogen and oxygen atoms in total. The van der Waals surface area contributed by atoms with Crippen LogP contribution in [0, 0.1) is 0 Å². The molecule has 0 aliphatic rings. The highest BCUT2D eigenvalue weighted by molar-refractivity contribution is 7.80. The molecule has 114 valence electrons. The van der Waals surface area contributed by atoms with E-state index in [1.165, 1.54) is 0 Å². The molecular formula is C15H21N3O2S. The van der Waals surface area contributed by atoms with Gasteiger partial charge in [0.05, 0.1) is 0 Å². The van der Waals surface area contributed by atoms with E-state index < -0.39 is 0 Å².